The lowest BCUT2D eigenvalue weighted by atomic mass is 9.91. The Bertz CT molecular complexity index is 1120. The van der Waals surface area contributed by atoms with Crippen molar-refractivity contribution >= 4 is 23.1 Å². The maximum Gasteiger partial charge on any atom is 0.282 e. The van der Waals surface area contributed by atoms with E-state index < -0.39 is 0 Å². The van der Waals surface area contributed by atoms with Crippen molar-refractivity contribution in [1.29, 1.82) is 5.26 Å². The van der Waals surface area contributed by atoms with Crippen LogP contribution in [0.1, 0.15) is 45.2 Å². The van der Waals surface area contributed by atoms with E-state index in [1.54, 1.807) is 24.3 Å². The lowest BCUT2D eigenvalue weighted by molar-refractivity contribution is -0.120. The third-order valence-corrected chi connectivity index (χ3v) is 6.01. The summed E-state index contributed by atoms with van der Waals surface area (Å²) in [6.45, 7) is 9.75. The van der Waals surface area contributed by atoms with Crippen molar-refractivity contribution in [3.8, 4) is 11.8 Å². The second kappa shape index (κ2) is 9.11. The highest BCUT2D eigenvalue weighted by Gasteiger charge is 2.43. The number of likely N-dealkylation sites (tertiary alicyclic amines) is 1. The maximum atomic E-state index is 13.7. The van der Waals surface area contributed by atoms with E-state index in [1.807, 2.05) is 38.1 Å². The molecular formula is C27H29N3O3. The Morgan fingerprint density at radius 3 is 2.09 bits per heavy atom. The van der Waals surface area contributed by atoms with E-state index in [1.165, 1.54) is 4.90 Å². The fourth-order valence-electron chi connectivity index (χ4n) is 4.81. The van der Waals surface area contributed by atoms with Gasteiger partial charge in [-0.1, -0.05) is 26.0 Å². The van der Waals surface area contributed by atoms with Crippen LogP contribution in [0.4, 0.5) is 5.69 Å². The minimum absolute atomic E-state index is 0.0449. The molecular weight excluding hydrogens is 414 g/mol. The van der Waals surface area contributed by atoms with Gasteiger partial charge in [0.25, 0.3) is 11.8 Å². The number of carbonyl (C=O) groups excluding carboxylic acids is 2. The lowest BCUT2D eigenvalue weighted by Crippen LogP contribution is -2.42. The molecule has 2 amide bonds. The van der Waals surface area contributed by atoms with Crippen molar-refractivity contribution in [2.75, 3.05) is 18.0 Å². The first-order valence-corrected chi connectivity index (χ1v) is 11.4. The van der Waals surface area contributed by atoms with E-state index in [-0.39, 0.29) is 17.9 Å². The van der Waals surface area contributed by atoms with Gasteiger partial charge in [0.05, 0.1) is 29.0 Å². The summed E-state index contributed by atoms with van der Waals surface area (Å²) in [4.78, 5) is 30.7. The number of ether oxygens (including phenoxy) is 1. The molecule has 2 aromatic carbocycles. The number of benzene rings is 2. The fraction of sp³-hybridized carbons (Fsp3) is 0.370. The topological polar surface area (TPSA) is 73.6 Å². The first kappa shape index (κ1) is 22.6. The van der Waals surface area contributed by atoms with E-state index in [4.69, 9.17) is 10.00 Å². The number of carbonyl (C=O) groups is 2. The molecule has 0 saturated carbocycles. The predicted molar refractivity (Wildman–Crippen MR) is 127 cm³/mol. The molecule has 2 aliphatic heterocycles. The quantitative estimate of drug-likeness (QED) is 0.631. The first-order valence-electron chi connectivity index (χ1n) is 11.4. The molecule has 1 saturated heterocycles. The first-order chi connectivity index (χ1) is 15.8. The number of nitrogens with zero attached hydrogens (tertiary/aromatic N) is 3. The average Bonchev–Trinajstić information content (AvgIpc) is 3.03. The SMILES string of the molecule is CC1CC(C)CN(C2=C(c3ccc(OC(C)C)cc3)C(=O)N(c3ccc(C#N)cc3)C2=O)C1. The molecule has 2 aromatic rings. The van der Waals surface area contributed by atoms with Gasteiger partial charge in [-0.25, -0.2) is 4.90 Å². The highest BCUT2D eigenvalue weighted by molar-refractivity contribution is 6.45. The van der Waals surface area contributed by atoms with Crippen molar-refractivity contribution in [1.82, 2.24) is 4.90 Å². The summed E-state index contributed by atoms with van der Waals surface area (Å²) in [6.07, 6.45) is 1.14. The number of nitriles is 1. The predicted octanol–water partition coefficient (Wildman–Crippen LogP) is 4.61. The highest BCUT2D eigenvalue weighted by atomic mass is 16.5. The molecule has 6 nitrogen and oxygen atoms in total. The van der Waals surface area contributed by atoms with Crippen LogP contribution in [0.3, 0.4) is 0 Å². The van der Waals surface area contributed by atoms with Crippen molar-refractivity contribution in [2.45, 2.75) is 40.2 Å². The molecule has 0 radical (unpaired) electrons. The van der Waals surface area contributed by atoms with Crippen molar-refractivity contribution in [2.24, 2.45) is 11.8 Å². The molecule has 2 unspecified atom stereocenters. The summed E-state index contributed by atoms with van der Waals surface area (Å²) in [7, 11) is 0. The molecule has 33 heavy (non-hydrogen) atoms. The van der Waals surface area contributed by atoms with Gasteiger partial charge in [0.15, 0.2) is 0 Å². The van der Waals surface area contributed by atoms with E-state index in [9.17, 15) is 9.59 Å². The fourth-order valence-corrected chi connectivity index (χ4v) is 4.81. The van der Waals surface area contributed by atoms with Gasteiger partial charge in [0.1, 0.15) is 11.4 Å². The molecule has 2 aliphatic rings. The van der Waals surface area contributed by atoms with Crippen LogP contribution in [0, 0.1) is 23.2 Å². The molecule has 0 spiro atoms. The molecule has 170 valence electrons. The van der Waals surface area contributed by atoms with E-state index in [0.29, 0.717) is 39.9 Å². The molecule has 2 heterocycles. The van der Waals surface area contributed by atoms with Gasteiger partial charge in [0, 0.05) is 13.1 Å². The van der Waals surface area contributed by atoms with Crippen LogP contribution in [-0.2, 0) is 9.59 Å². The Kier molecular flexibility index (Phi) is 6.24. The standard InChI is InChI=1S/C27H29N3O3/c1-17(2)33-23-11-7-21(8-12-23)24-25(29-15-18(3)13-19(4)16-29)27(32)30(26(24)31)22-9-5-20(14-28)6-10-22/h5-12,17-19H,13,15-16H2,1-4H3. The minimum Gasteiger partial charge on any atom is -0.491 e. The van der Waals surface area contributed by atoms with Crippen LogP contribution in [0.2, 0.25) is 0 Å². The Labute approximate surface area is 195 Å². The van der Waals surface area contributed by atoms with Crippen molar-refractivity contribution in [3.05, 3.63) is 65.4 Å². The third kappa shape index (κ3) is 4.49. The van der Waals surface area contributed by atoms with Crippen molar-refractivity contribution in [3.63, 3.8) is 0 Å². The summed E-state index contributed by atoms with van der Waals surface area (Å²) in [5.41, 5.74) is 2.52. The van der Waals surface area contributed by atoms with Gasteiger partial charge < -0.3 is 9.64 Å². The van der Waals surface area contributed by atoms with E-state index in [0.717, 1.165) is 25.3 Å². The average molecular weight is 444 g/mol. The Balaban J connectivity index is 1.78. The van der Waals surface area contributed by atoms with Crippen LogP contribution in [0.25, 0.3) is 5.57 Å². The number of piperidine rings is 1. The summed E-state index contributed by atoms with van der Waals surface area (Å²) < 4.78 is 5.75. The van der Waals surface area contributed by atoms with Crippen LogP contribution in [0.5, 0.6) is 5.75 Å². The smallest absolute Gasteiger partial charge is 0.282 e. The Hall–Kier alpha value is -3.59. The Morgan fingerprint density at radius 1 is 0.939 bits per heavy atom. The molecule has 0 bridgehead atoms. The van der Waals surface area contributed by atoms with Gasteiger partial charge in [-0.15, -0.1) is 0 Å². The Morgan fingerprint density at radius 2 is 1.55 bits per heavy atom. The van der Waals surface area contributed by atoms with Gasteiger partial charge >= 0.3 is 0 Å². The van der Waals surface area contributed by atoms with E-state index >= 15 is 0 Å². The van der Waals surface area contributed by atoms with Crippen LogP contribution < -0.4 is 9.64 Å². The molecule has 1 fully saturated rings. The molecule has 4 rings (SSSR count). The normalized spacial score (nSPS) is 21.1. The largest absolute Gasteiger partial charge is 0.491 e. The maximum absolute atomic E-state index is 13.7. The monoisotopic (exact) mass is 443 g/mol. The number of hydrogen-bond acceptors (Lipinski definition) is 5. The van der Waals surface area contributed by atoms with Gasteiger partial charge in [0.2, 0.25) is 0 Å². The number of hydrogen-bond donors (Lipinski definition) is 0. The summed E-state index contributed by atoms with van der Waals surface area (Å²) >= 11 is 0. The highest BCUT2D eigenvalue weighted by Crippen LogP contribution is 2.37. The molecule has 2 atom stereocenters. The van der Waals surface area contributed by atoms with Crippen LogP contribution in [-0.4, -0.2) is 35.9 Å². The zero-order valence-corrected chi connectivity index (χ0v) is 19.5. The number of anilines is 1. The molecule has 0 aromatic heterocycles. The van der Waals surface area contributed by atoms with Crippen LogP contribution in [0.15, 0.2) is 54.2 Å². The number of amides is 2. The number of rotatable bonds is 5. The minimum atomic E-state index is -0.344. The lowest BCUT2D eigenvalue weighted by Gasteiger charge is -2.37. The van der Waals surface area contributed by atoms with E-state index in [2.05, 4.69) is 24.8 Å². The summed E-state index contributed by atoms with van der Waals surface area (Å²) in [6, 6.07) is 16.0. The zero-order chi connectivity index (χ0) is 23.7. The van der Waals surface area contributed by atoms with Crippen LogP contribution >= 0.6 is 0 Å². The zero-order valence-electron chi connectivity index (χ0n) is 19.5. The molecule has 0 aliphatic carbocycles. The second-order valence-electron chi connectivity index (χ2n) is 9.37. The molecule has 6 heteroatoms. The summed E-state index contributed by atoms with van der Waals surface area (Å²) in [5, 5.41) is 9.10. The van der Waals surface area contributed by atoms with Gasteiger partial charge in [-0.2, -0.15) is 5.26 Å². The van der Waals surface area contributed by atoms with Gasteiger partial charge in [-0.05, 0) is 74.1 Å². The second-order valence-corrected chi connectivity index (χ2v) is 9.37. The van der Waals surface area contributed by atoms with Gasteiger partial charge in [-0.3, -0.25) is 9.59 Å². The molecule has 0 N–H and O–H groups in total. The third-order valence-electron chi connectivity index (χ3n) is 6.01. The number of imide groups is 1. The van der Waals surface area contributed by atoms with Crippen molar-refractivity contribution < 1.29 is 14.3 Å². The summed E-state index contributed by atoms with van der Waals surface area (Å²) in [5.74, 6) is 0.913.